The van der Waals surface area contributed by atoms with E-state index in [2.05, 4.69) is 4.98 Å². The van der Waals surface area contributed by atoms with Gasteiger partial charge < -0.3 is 16.0 Å². The van der Waals surface area contributed by atoms with E-state index < -0.39 is 28.5 Å². The Morgan fingerprint density at radius 3 is 2.55 bits per heavy atom. The van der Waals surface area contributed by atoms with E-state index in [4.69, 9.17) is 22.7 Å². The van der Waals surface area contributed by atoms with Crippen molar-refractivity contribution in [3.63, 3.8) is 0 Å². The Bertz CT molecular complexity index is 1000. The van der Waals surface area contributed by atoms with Gasteiger partial charge in [0.2, 0.25) is 0 Å². The van der Waals surface area contributed by atoms with Gasteiger partial charge in [-0.3, -0.25) is 9.78 Å². The van der Waals surface area contributed by atoms with Crippen molar-refractivity contribution in [3.8, 4) is 0 Å². The number of aromatic nitrogens is 1. The summed E-state index contributed by atoms with van der Waals surface area (Å²) in [6.07, 6.45) is -3.48. The quantitative estimate of drug-likeness (QED) is 0.708. The Kier molecular flexibility index (Phi) is 5.61. The Hall–Kier alpha value is -2.94. The topological polar surface area (TPSA) is 83.1 Å². The summed E-state index contributed by atoms with van der Waals surface area (Å²) < 4.78 is 52.1. The number of carbonyl (C=O) groups is 1. The number of amides is 1. The Labute approximate surface area is 168 Å². The second kappa shape index (κ2) is 7.82. The van der Waals surface area contributed by atoms with Gasteiger partial charge in [0.1, 0.15) is 5.82 Å². The molecule has 2 aromatic rings. The SMILES string of the molecule is N=C1CN(C(=O)c2cccc(C(F)(F)F)c2Cl)CCC1=C(N)c1ccc(F)cn1. The number of nitrogens with one attached hydrogen (secondary N) is 1. The van der Waals surface area contributed by atoms with E-state index in [0.29, 0.717) is 11.3 Å². The lowest BCUT2D eigenvalue weighted by Gasteiger charge is -2.30. The number of likely N-dealkylation sites (tertiary alicyclic amines) is 1. The molecular formula is C19H15ClF4N4O. The van der Waals surface area contributed by atoms with Crippen LogP contribution in [0.25, 0.3) is 5.70 Å². The third-order valence-corrected chi connectivity index (χ3v) is 4.90. The molecule has 5 nitrogen and oxygen atoms in total. The highest BCUT2D eigenvalue weighted by molar-refractivity contribution is 6.34. The second-order valence-corrected chi connectivity index (χ2v) is 6.75. The first-order valence-electron chi connectivity index (χ1n) is 8.43. The van der Waals surface area contributed by atoms with Gasteiger partial charge in [-0.15, -0.1) is 0 Å². The molecule has 0 bridgehead atoms. The summed E-state index contributed by atoms with van der Waals surface area (Å²) in [6.45, 7) is -0.0202. The monoisotopic (exact) mass is 426 g/mol. The van der Waals surface area contributed by atoms with Crippen molar-refractivity contribution in [3.05, 3.63) is 69.8 Å². The zero-order valence-corrected chi connectivity index (χ0v) is 15.6. The van der Waals surface area contributed by atoms with Crippen molar-refractivity contribution in [1.82, 2.24) is 9.88 Å². The molecule has 10 heteroatoms. The summed E-state index contributed by atoms with van der Waals surface area (Å²) in [4.78, 5) is 17.8. The normalized spacial score (nSPS) is 16.7. The lowest BCUT2D eigenvalue weighted by molar-refractivity contribution is -0.137. The standard InChI is InChI=1S/C19H15ClF4N4O/c20-16-12(2-1-3-13(16)19(22,23)24)18(29)28-7-6-11(14(25)9-28)17(26)15-5-4-10(21)8-27-15/h1-5,8,25H,6-7,9,26H2. The van der Waals surface area contributed by atoms with Crippen molar-refractivity contribution in [1.29, 1.82) is 5.41 Å². The fourth-order valence-corrected chi connectivity index (χ4v) is 3.32. The molecule has 1 aliphatic heterocycles. The summed E-state index contributed by atoms with van der Waals surface area (Å²) in [7, 11) is 0. The van der Waals surface area contributed by atoms with Crippen LogP contribution in [0.2, 0.25) is 5.02 Å². The van der Waals surface area contributed by atoms with E-state index in [1.165, 1.54) is 23.1 Å². The number of carbonyl (C=O) groups excluding carboxylic acids is 1. The minimum absolute atomic E-state index is 0.0244. The molecule has 1 fully saturated rings. The molecule has 1 aliphatic rings. The molecule has 0 radical (unpaired) electrons. The number of pyridine rings is 1. The van der Waals surface area contributed by atoms with Crippen LogP contribution in [0.1, 0.15) is 28.0 Å². The van der Waals surface area contributed by atoms with Gasteiger partial charge in [0.25, 0.3) is 5.91 Å². The number of nitrogens with zero attached hydrogens (tertiary/aromatic N) is 2. The van der Waals surface area contributed by atoms with E-state index >= 15 is 0 Å². The van der Waals surface area contributed by atoms with E-state index in [0.717, 1.165) is 18.3 Å². The van der Waals surface area contributed by atoms with Crippen molar-refractivity contribution >= 4 is 28.9 Å². The zero-order chi connectivity index (χ0) is 21.3. The lowest BCUT2D eigenvalue weighted by atomic mass is 9.97. The molecule has 0 saturated carbocycles. The van der Waals surface area contributed by atoms with Gasteiger partial charge >= 0.3 is 6.18 Å². The summed E-state index contributed by atoms with van der Waals surface area (Å²) in [5, 5.41) is 7.53. The van der Waals surface area contributed by atoms with Gasteiger partial charge in [-0.25, -0.2) is 4.39 Å². The van der Waals surface area contributed by atoms with Gasteiger partial charge in [-0.2, -0.15) is 13.2 Å². The largest absolute Gasteiger partial charge is 0.417 e. The molecule has 3 rings (SSSR count). The third kappa shape index (κ3) is 4.24. The van der Waals surface area contributed by atoms with Crippen LogP contribution in [-0.2, 0) is 6.18 Å². The predicted octanol–water partition coefficient (Wildman–Crippen LogP) is 4.13. The van der Waals surface area contributed by atoms with Crippen LogP contribution < -0.4 is 5.73 Å². The number of alkyl halides is 3. The number of rotatable bonds is 2. The van der Waals surface area contributed by atoms with Crippen LogP contribution >= 0.6 is 11.6 Å². The van der Waals surface area contributed by atoms with Crippen LogP contribution in [0.5, 0.6) is 0 Å². The highest BCUT2D eigenvalue weighted by Crippen LogP contribution is 2.36. The molecule has 3 N–H and O–H groups in total. The fourth-order valence-electron chi connectivity index (χ4n) is 3.01. The average Bonchev–Trinajstić information content (AvgIpc) is 2.66. The van der Waals surface area contributed by atoms with Crippen LogP contribution in [0.4, 0.5) is 17.6 Å². The van der Waals surface area contributed by atoms with Gasteiger partial charge in [0, 0.05) is 12.1 Å². The first-order chi connectivity index (χ1) is 13.6. The van der Waals surface area contributed by atoms with Crippen molar-refractivity contribution in [2.24, 2.45) is 5.73 Å². The predicted molar refractivity (Wildman–Crippen MR) is 100 cm³/mol. The van der Waals surface area contributed by atoms with Gasteiger partial charge in [0.05, 0.1) is 46.0 Å². The first kappa shape index (κ1) is 20.8. The Morgan fingerprint density at radius 1 is 1.24 bits per heavy atom. The van der Waals surface area contributed by atoms with Crippen LogP contribution in [0, 0.1) is 11.2 Å². The molecule has 152 valence electrons. The lowest BCUT2D eigenvalue weighted by Crippen LogP contribution is -2.41. The smallest absolute Gasteiger partial charge is 0.397 e. The van der Waals surface area contributed by atoms with E-state index in [9.17, 15) is 22.4 Å². The van der Waals surface area contributed by atoms with Crippen LogP contribution in [0.3, 0.4) is 0 Å². The number of nitrogens with two attached hydrogens (primary N) is 1. The number of benzene rings is 1. The van der Waals surface area contributed by atoms with Crippen LogP contribution in [-0.4, -0.2) is 34.6 Å². The molecular weight excluding hydrogens is 412 g/mol. The maximum atomic E-state index is 13.0. The van der Waals surface area contributed by atoms with Gasteiger partial charge in [-0.1, -0.05) is 17.7 Å². The third-order valence-electron chi connectivity index (χ3n) is 4.50. The minimum Gasteiger partial charge on any atom is -0.397 e. The Balaban J connectivity index is 1.83. The number of piperidine rings is 1. The molecule has 1 aromatic heterocycles. The summed E-state index contributed by atoms with van der Waals surface area (Å²) in [5.41, 5.74) is 5.63. The summed E-state index contributed by atoms with van der Waals surface area (Å²) >= 11 is 5.83. The second-order valence-electron chi connectivity index (χ2n) is 6.37. The molecule has 1 saturated heterocycles. The first-order valence-corrected chi connectivity index (χ1v) is 8.80. The van der Waals surface area contributed by atoms with Gasteiger partial charge in [-0.05, 0) is 30.7 Å². The maximum Gasteiger partial charge on any atom is 0.417 e. The molecule has 0 spiro atoms. The summed E-state index contributed by atoms with van der Waals surface area (Å²) in [5.74, 6) is -1.23. The molecule has 29 heavy (non-hydrogen) atoms. The van der Waals surface area contributed by atoms with Crippen molar-refractivity contribution < 1.29 is 22.4 Å². The molecule has 0 aliphatic carbocycles. The maximum absolute atomic E-state index is 13.0. The fraction of sp³-hybridized carbons (Fsp3) is 0.211. The molecule has 1 amide bonds. The highest BCUT2D eigenvalue weighted by atomic mass is 35.5. The summed E-state index contributed by atoms with van der Waals surface area (Å²) in [6, 6.07) is 5.69. The number of hydrogen-bond donors (Lipinski definition) is 2. The van der Waals surface area contributed by atoms with E-state index in [-0.39, 0.29) is 36.5 Å². The van der Waals surface area contributed by atoms with Crippen LogP contribution in [0.15, 0.2) is 42.1 Å². The van der Waals surface area contributed by atoms with Gasteiger partial charge in [0.15, 0.2) is 0 Å². The van der Waals surface area contributed by atoms with Crippen molar-refractivity contribution in [2.75, 3.05) is 13.1 Å². The molecule has 0 atom stereocenters. The molecule has 0 unspecified atom stereocenters. The molecule has 1 aromatic carbocycles. The number of hydrogen-bond acceptors (Lipinski definition) is 4. The highest BCUT2D eigenvalue weighted by Gasteiger charge is 2.36. The van der Waals surface area contributed by atoms with E-state index in [1.54, 1.807) is 0 Å². The Morgan fingerprint density at radius 2 is 1.97 bits per heavy atom. The zero-order valence-electron chi connectivity index (χ0n) is 14.9. The minimum atomic E-state index is -4.69. The van der Waals surface area contributed by atoms with Crippen molar-refractivity contribution in [2.45, 2.75) is 12.6 Å². The average molecular weight is 427 g/mol. The van der Waals surface area contributed by atoms with E-state index in [1.807, 2.05) is 0 Å². The number of halogens is 5. The molecule has 2 heterocycles.